The molecule has 1 aliphatic rings. The van der Waals surface area contributed by atoms with Gasteiger partial charge in [-0.15, -0.1) is 0 Å². The zero-order valence-electron chi connectivity index (χ0n) is 11.3. The molecular weight excluding hydrogens is 246 g/mol. The predicted molar refractivity (Wildman–Crippen MR) is 69.1 cm³/mol. The van der Waals surface area contributed by atoms with Crippen LogP contribution in [0.25, 0.3) is 0 Å². The Labute approximate surface area is 112 Å². The molecule has 1 aromatic rings. The molecule has 5 nitrogen and oxygen atoms in total. The van der Waals surface area contributed by atoms with Gasteiger partial charge in [-0.05, 0) is 32.3 Å². The lowest BCUT2D eigenvalue weighted by molar-refractivity contribution is -0.143. The maximum absolute atomic E-state index is 12.4. The van der Waals surface area contributed by atoms with E-state index in [-0.39, 0.29) is 11.7 Å². The molecule has 0 spiro atoms. The number of nitrogens with zero attached hydrogens (tertiary/aromatic N) is 1. The Morgan fingerprint density at radius 1 is 1.47 bits per heavy atom. The standard InChI is InChI=1S/C14H19NO4/c1-3-10-8-9(2)12(19-10)13(16)15-7-5-4-6-11(15)14(17)18/h8,11H,3-7H2,1-2H3,(H,17,18)/t11-/m1/s1. The molecule has 0 aliphatic carbocycles. The van der Waals surface area contributed by atoms with Crippen molar-refractivity contribution in [3.05, 3.63) is 23.2 Å². The fourth-order valence-electron chi connectivity index (χ4n) is 2.50. The van der Waals surface area contributed by atoms with Gasteiger partial charge < -0.3 is 14.4 Å². The number of hydrogen-bond acceptors (Lipinski definition) is 3. The van der Waals surface area contributed by atoms with Crippen LogP contribution in [0.15, 0.2) is 10.5 Å². The summed E-state index contributed by atoms with van der Waals surface area (Å²) < 4.78 is 5.52. The van der Waals surface area contributed by atoms with Crippen LogP contribution in [0.4, 0.5) is 0 Å². The van der Waals surface area contributed by atoms with E-state index in [9.17, 15) is 14.7 Å². The molecule has 5 heteroatoms. The summed E-state index contributed by atoms with van der Waals surface area (Å²) in [5.74, 6) is -0.202. The number of amides is 1. The smallest absolute Gasteiger partial charge is 0.326 e. The summed E-state index contributed by atoms with van der Waals surface area (Å²) in [5, 5.41) is 9.20. The first-order valence-electron chi connectivity index (χ1n) is 6.67. The van der Waals surface area contributed by atoms with Crippen molar-refractivity contribution < 1.29 is 19.1 Å². The number of aryl methyl sites for hydroxylation is 2. The molecule has 2 heterocycles. The second-order valence-electron chi connectivity index (χ2n) is 4.93. The van der Waals surface area contributed by atoms with Crippen LogP contribution in [0.5, 0.6) is 0 Å². The van der Waals surface area contributed by atoms with Crippen LogP contribution < -0.4 is 0 Å². The van der Waals surface area contributed by atoms with E-state index in [2.05, 4.69) is 0 Å². The Bertz CT molecular complexity index is 492. The molecule has 1 aliphatic heterocycles. The van der Waals surface area contributed by atoms with Crippen LogP contribution in [0.1, 0.15) is 48.1 Å². The Morgan fingerprint density at radius 3 is 2.79 bits per heavy atom. The van der Waals surface area contributed by atoms with Crippen molar-refractivity contribution in [3.63, 3.8) is 0 Å². The third kappa shape index (κ3) is 2.64. The van der Waals surface area contributed by atoms with Gasteiger partial charge in [0.15, 0.2) is 5.76 Å². The number of likely N-dealkylation sites (tertiary alicyclic amines) is 1. The molecule has 1 atom stereocenters. The Balaban J connectivity index is 2.25. The van der Waals surface area contributed by atoms with Gasteiger partial charge in [0.1, 0.15) is 11.8 Å². The number of carboxylic acids is 1. The van der Waals surface area contributed by atoms with Crippen molar-refractivity contribution in [3.8, 4) is 0 Å². The van der Waals surface area contributed by atoms with Gasteiger partial charge >= 0.3 is 5.97 Å². The Morgan fingerprint density at radius 2 is 2.21 bits per heavy atom. The molecule has 0 aromatic carbocycles. The van der Waals surface area contributed by atoms with E-state index in [0.29, 0.717) is 13.0 Å². The lowest BCUT2D eigenvalue weighted by Crippen LogP contribution is -2.48. The van der Waals surface area contributed by atoms with E-state index in [1.165, 1.54) is 4.90 Å². The molecule has 1 aromatic heterocycles. The van der Waals surface area contributed by atoms with E-state index in [4.69, 9.17) is 4.42 Å². The second-order valence-corrected chi connectivity index (χ2v) is 4.93. The normalized spacial score (nSPS) is 19.5. The minimum absolute atomic E-state index is 0.282. The Kier molecular flexibility index (Phi) is 3.93. The highest BCUT2D eigenvalue weighted by Gasteiger charge is 2.34. The monoisotopic (exact) mass is 265 g/mol. The van der Waals surface area contributed by atoms with Crippen LogP contribution in [0.2, 0.25) is 0 Å². The minimum Gasteiger partial charge on any atom is -0.480 e. The summed E-state index contributed by atoms with van der Waals surface area (Å²) in [6.07, 6.45) is 2.92. The highest BCUT2D eigenvalue weighted by Crippen LogP contribution is 2.23. The molecule has 2 rings (SSSR count). The van der Waals surface area contributed by atoms with Crippen molar-refractivity contribution in [1.29, 1.82) is 0 Å². The summed E-state index contributed by atoms with van der Waals surface area (Å²) in [6, 6.07) is 1.11. The van der Waals surface area contributed by atoms with Gasteiger partial charge in [-0.2, -0.15) is 0 Å². The van der Waals surface area contributed by atoms with E-state index >= 15 is 0 Å². The molecular formula is C14H19NO4. The van der Waals surface area contributed by atoms with Gasteiger partial charge in [-0.1, -0.05) is 6.92 Å². The average molecular weight is 265 g/mol. The number of carbonyl (C=O) groups is 2. The molecule has 1 N–H and O–H groups in total. The molecule has 104 valence electrons. The fourth-order valence-corrected chi connectivity index (χ4v) is 2.50. The van der Waals surface area contributed by atoms with Gasteiger partial charge in [0.05, 0.1) is 0 Å². The van der Waals surface area contributed by atoms with E-state index in [1.54, 1.807) is 0 Å². The van der Waals surface area contributed by atoms with E-state index < -0.39 is 12.0 Å². The number of aliphatic carboxylic acids is 1. The van der Waals surface area contributed by atoms with Crippen LogP contribution in [0, 0.1) is 6.92 Å². The molecule has 19 heavy (non-hydrogen) atoms. The maximum Gasteiger partial charge on any atom is 0.326 e. The summed E-state index contributed by atoms with van der Waals surface area (Å²) in [7, 11) is 0. The first-order chi connectivity index (χ1) is 9.04. The number of piperidine rings is 1. The number of carboxylic acid groups (broad SMARTS) is 1. The molecule has 0 bridgehead atoms. The van der Waals surface area contributed by atoms with Gasteiger partial charge in [0.2, 0.25) is 0 Å². The van der Waals surface area contributed by atoms with Gasteiger partial charge in [0.25, 0.3) is 5.91 Å². The lowest BCUT2D eigenvalue weighted by atomic mass is 10.0. The van der Waals surface area contributed by atoms with Crippen LogP contribution in [-0.4, -0.2) is 34.5 Å². The molecule has 0 unspecified atom stereocenters. The van der Waals surface area contributed by atoms with Gasteiger partial charge in [-0.3, -0.25) is 4.79 Å². The predicted octanol–water partition coefficient (Wildman–Crippen LogP) is 2.23. The number of furan rings is 1. The zero-order valence-corrected chi connectivity index (χ0v) is 11.3. The quantitative estimate of drug-likeness (QED) is 0.909. The minimum atomic E-state index is -0.937. The van der Waals surface area contributed by atoms with Crippen molar-refractivity contribution in [2.75, 3.05) is 6.54 Å². The molecule has 1 amide bonds. The highest BCUT2D eigenvalue weighted by atomic mass is 16.4. The number of hydrogen-bond donors (Lipinski definition) is 1. The summed E-state index contributed by atoms with van der Waals surface area (Å²) in [5.41, 5.74) is 0.775. The van der Waals surface area contributed by atoms with E-state index in [0.717, 1.165) is 30.6 Å². The van der Waals surface area contributed by atoms with Crippen molar-refractivity contribution >= 4 is 11.9 Å². The largest absolute Gasteiger partial charge is 0.480 e. The third-order valence-electron chi connectivity index (χ3n) is 3.56. The summed E-state index contributed by atoms with van der Waals surface area (Å²) in [4.78, 5) is 25.1. The fraction of sp³-hybridized carbons (Fsp3) is 0.571. The second kappa shape index (κ2) is 5.47. The molecule has 0 radical (unpaired) electrons. The van der Waals surface area contributed by atoms with Gasteiger partial charge in [0, 0.05) is 18.5 Å². The molecule has 0 saturated carbocycles. The zero-order chi connectivity index (χ0) is 14.0. The van der Waals surface area contributed by atoms with Crippen molar-refractivity contribution in [2.24, 2.45) is 0 Å². The lowest BCUT2D eigenvalue weighted by Gasteiger charge is -2.32. The average Bonchev–Trinajstić information content (AvgIpc) is 2.79. The number of carbonyl (C=O) groups excluding carboxylic acids is 1. The molecule has 1 saturated heterocycles. The highest BCUT2D eigenvalue weighted by molar-refractivity contribution is 5.95. The Hall–Kier alpha value is -1.78. The van der Waals surface area contributed by atoms with Crippen molar-refractivity contribution in [1.82, 2.24) is 4.90 Å². The SMILES string of the molecule is CCc1cc(C)c(C(=O)N2CCCC[C@@H]2C(=O)O)o1. The van der Waals surface area contributed by atoms with E-state index in [1.807, 2.05) is 19.9 Å². The number of rotatable bonds is 3. The van der Waals surface area contributed by atoms with Gasteiger partial charge in [-0.25, -0.2) is 4.79 Å². The topological polar surface area (TPSA) is 70.8 Å². The van der Waals surface area contributed by atoms with Crippen LogP contribution in [0.3, 0.4) is 0 Å². The van der Waals surface area contributed by atoms with Crippen LogP contribution in [-0.2, 0) is 11.2 Å². The molecule has 1 fully saturated rings. The first-order valence-corrected chi connectivity index (χ1v) is 6.67. The third-order valence-corrected chi connectivity index (χ3v) is 3.56. The van der Waals surface area contributed by atoms with Crippen molar-refractivity contribution in [2.45, 2.75) is 45.6 Å². The summed E-state index contributed by atoms with van der Waals surface area (Å²) >= 11 is 0. The van der Waals surface area contributed by atoms with Crippen LogP contribution >= 0.6 is 0 Å². The summed E-state index contributed by atoms with van der Waals surface area (Å²) in [6.45, 7) is 4.25. The first kappa shape index (κ1) is 13.6. The maximum atomic E-state index is 12.4.